The number of aromatic nitrogens is 2. The highest BCUT2D eigenvalue weighted by Crippen LogP contribution is 2.31. The zero-order valence-electron chi connectivity index (χ0n) is 18.4. The van der Waals surface area contributed by atoms with Crippen LogP contribution in [0.1, 0.15) is 39.2 Å². The molecule has 1 unspecified atom stereocenters. The summed E-state index contributed by atoms with van der Waals surface area (Å²) < 4.78 is 33.0. The molecule has 2 amide bonds. The maximum Gasteiger partial charge on any atom is 0.322 e. The van der Waals surface area contributed by atoms with Crippen molar-refractivity contribution >= 4 is 23.5 Å². The van der Waals surface area contributed by atoms with Gasteiger partial charge in [0.05, 0.1) is 18.1 Å². The second-order valence-corrected chi connectivity index (χ2v) is 8.17. The molecule has 8 nitrogen and oxygen atoms in total. The van der Waals surface area contributed by atoms with Gasteiger partial charge in [-0.2, -0.15) is 0 Å². The van der Waals surface area contributed by atoms with E-state index in [1.54, 1.807) is 6.92 Å². The molecule has 3 atom stereocenters. The molecule has 1 aromatic heterocycles. The number of hydrogen-bond acceptors (Lipinski definition) is 6. The second-order valence-electron chi connectivity index (χ2n) is 8.17. The van der Waals surface area contributed by atoms with Crippen molar-refractivity contribution in [2.75, 3.05) is 5.32 Å². The first-order valence-electron chi connectivity index (χ1n) is 10.3. The molecule has 1 aliphatic heterocycles. The van der Waals surface area contributed by atoms with E-state index in [1.807, 2.05) is 13.8 Å². The number of urea groups is 1. The summed E-state index contributed by atoms with van der Waals surface area (Å²) in [5.41, 5.74) is 0.902. The number of nitrogens with zero attached hydrogens (tertiary/aromatic N) is 3. The molecule has 170 valence electrons. The predicted octanol–water partition coefficient (Wildman–Crippen LogP) is 4.74. The zero-order valence-corrected chi connectivity index (χ0v) is 18.4. The van der Waals surface area contributed by atoms with Crippen molar-refractivity contribution in [1.82, 2.24) is 14.9 Å². The Labute approximate surface area is 185 Å². The van der Waals surface area contributed by atoms with Crippen LogP contribution in [0.2, 0.25) is 0 Å². The highest BCUT2D eigenvalue weighted by atomic mass is 19.1. The molecule has 3 rings (SSSR count). The van der Waals surface area contributed by atoms with Crippen molar-refractivity contribution in [3.8, 4) is 11.4 Å². The molecule has 32 heavy (non-hydrogen) atoms. The molecular formula is C22H26F2N6O2. The average molecular weight is 444 g/mol. The third-order valence-electron chi connectivity index (χ3n) is 5.40. The molecule has 2 heterocycles. The molecule has 0 aliphatic carbocycles. The monoisotopic (exact) mass is 444 g/mol. The van der Waals surface area contributed by atoms with Gasteiger partial charge < -0.3 is 15.0 Å². The Morgan fingerprint density at radius 2 is 1.84 bits per heavy atom. The quantitative estimate of drug-likeness (QED) is 0.468. The number of nitrogens with one attached hydrogen (secondary N) is 3. The van der Waals surface area contributed by atoms with E-state index in [4.69, 9.17) is 15.6 Å². The van der Waals surface area contributed by atoms with Gasteiger partial charge in [0.15, 0.2) is 17.5 Å². The van der Waals surface area contributed by atoms with Crippen molar-refractivity contribution in [2.45, 2.75) is 52.6 Å². The van der Waals surface area contributed by atoms with E-state index in [0.29, 0.717) is 24.0 Å². The standard InChI is InChI=1S/C22H26F2N6O2/c1-11-5-13(3)30(19(6-11)20(26)32-14(4)25)22(31)29-18-8-16(12(2)7-17(18)24)21-27-9-15(23)10-28-21/h7-11,13,19,25-26H,5-6H2,1-4H3,(H,29,31)/t11-,13-,19?/m1/s1. The van der Waals surface area contributed by atoms with Crippen LogP contribution >= 0.6 is 0 Å². The zero-order chi connectivity index (χ0) is 23.6. The van der Waals surface area contributed by atoms with Crippen molar-refractivity contribution in [3.05, 3.63) is 41.7 Å². The molecule has 0 spiro atoms. The number of anilines is 1. The molecule has 3 N–H and O–H groups in total. The summed E-state index contributed by atoms with van der Waals surface area (Å²) in [6.07, 6.45) is 3.24. The number of carbonyl (C=O) groups excluding carboxylic acids is 1. The van der Waals surface area contributed by atoms with Gasteiger partial charge in [-0.25, -0.2) is 23.5 Å². The lowest BCUT2D eigenvalue weighted by atomic mass is 9.88. The van der Waals surface area contributed by atoms with Gasteiger partial charge in [0.25, 0.3) is 0 Å². The van der Waals surface area contributed by atoms with Crippen LogP contribution in [0, 0.1) is 35.3 Å². The maximum atomic E-state index is 14.7. The number of aryl methyl sites for hydroxylation is 1. The summed E-state index contributed by atoms with van der Waals surface area (Å²) in [5.74, 6) is -1.13. The van der Waals surface area contributed by atoms with Gasteiger partial charge in [-0.3, -0.25) is 10.8 Å². The first kappa shape index (κ1) is 23.2. The van der Waals surface area contributed by atoms with Crippen molar-refractivity contribution in [3.63, 3.8) is 0 Å². The molecule has 0 radical (unpaired) electrons. The fourth-order valence-electron chi connectivity index (χ4n) is 4.04. The lowest BCUT2D eigenvalue weighted by molar-refractivity contribution is 0.121. The van der Waals surface area contributed by atoms with E-state index in [1.165, 1.54) is 24.0 Å². The van der Waals surface area contributed by atoms with Crippen molar-refractivity contribution in [2.24, 2.45) is 5.92 Å². The molecule has 0 bridgehead atoms. The minimum atomic E-state index is -0.678. The van der Waals surface area contributed by atoms with Gasteiger partial charge in [-0.05, 0) is 50.3 Å². The first-order chi connectivity index (χ1) is 15.1. The molecule has 1 fully saturated rings. The Morgan fingerprint density at radius 1 is 1.19 bits per heavy atom. The number of hydrogen-bond donors (Lipinski definition) is 3. The van der Waals surface area contributed by atoms with Gasteiger partial charge in [0.2, 0.25) is 5.90 Å². The molecular weight excluding hydrogens is 418 g/mol. The van der Waals surface area contributed by atoms with Crippen LogP contribution in [-0.2, 0) is 4.74 Å². The number of benzene rings is 1. The van der Waals surface area contributed by atoms with Crippen LogP contribution in [0.15, 0.2) is 24.5 Å². The third-order valence-corrected chi connectivity index (χ3v) is 5.40. The summed E-state index contributed by atoms with van der Waals surface area (Å²) in [6.45, 7) is 6.96. The maximum absolute atomic E-state index is 14.7. The largest absolute Gasteiger partial charge is 0.428 e. The van der Waals surface area contributed by atoms with Gasteiger partial charge >= 0.3 is 6.03 Å². The highest BCUT2D eigenvalue weighted by Gasteiger charge is 2.38. The van der Waals surface area contributed by atoms with Crippen molar-refractivity contribution < 1.29 is 18.3 Å². The Balaban J connectivity index is 1.90. The van der Waals surface area contributed by atoms with Crippen LogP contribution in [0.3, 0.4) is 0 Å². The molecule has 1 aromatic carbocycles. The number of carbonyl (C=O) groups is 1. The minimum Gasteiger partial charge on any atom is -0.428 e. The molecule has 0 saturated carbocycles. The van der Waals surface area contributed by atoms with Crippen molar-refractivity contribution in [1.29, 1.82) is 10.8 Å². The topological polar surface area (TPSA) is 115 Å². The number of ether oxygens (including phenoxy) is 1. The van der Waals surface area contributed by atoms with E-state index in [0.717, 1.165) is 12.4 Å². The third kappa shape index (κ3) is 5.06. The Hall–Kier alpha value is -3.43. The lowest BCUT2D eigenvalue weighted by Gasteiger charge is -2.42. The molecule has 10 heteroatoms. The van der Waals surface area contributed by atoms with Gasteiger partial charge in [-0.1, -0.05) is 6.92 Å². The SMILES string of the molecule is CC(=N)OC(=N)C1C[C@H](C)C[C@@H](C)N1C(=O)Nc1cc(-c2ncc(F)cn2)c(C)cc1F. The number of rotatable bonds is 3. The van der Waals surface area contributed by atoms with Crippen LogP contribution < -0.4 is 5.32 Å². The normalized spacial score (nSPS) is 20.6. The number of halogens is 2. The summed E-state index contributed by atoms with van der Waals surface area (Å²) in [5, 5.41) is 18.3. The molecule has 2 aromatic rings. The van der Waals surface area contributed by atoms with Crippen LogP contribution in [0.4, 0.5) is 19.3 Å². The van der Waals surface area contributed by atoms with Crippen LogP contribution in [0.25, 0.3) is 11.4 Å². The summed E-state index contributed by atoms with van der Waals surface area (Å²) >= 11 is 0. The van der Waals surface area contributed by atoms with Gasteiger partial charge in [0.1, 0.15) is 11.9 Å². The minimum absolute atomic E-state index is 0.0798. The Bertz CT molecular complexity index is 1040. The number of amides is 2. The first-order valence-corrected chi connectivity index (χ1v) is 10.3. The fraction of sp³-hybridized carbons (Fsp3) is 0.409. The lowest BCUT2D eigenvalue weighted by Crippen LogP contribution is -2.56. The van der Waals surface area contributed by atoms with E-state index >= 15 is 0 Å². The van der Waals surface area contributed by atoms with E-state index in [9.17, 15) is 13.6 Å². The van der Waals surface area contributed by atoms with Crippen LogP contribution in [0.5, 0.6) is 0 Å². The number of likely N-dealkylation sites (tertiary alicyclic amines) is 1. The van der Waals surface area contributed by atoms with E-state index in [2.05, 4.69) is 15.3 Å². The van der Waals surface area contributed by atoms with Gasteiger partial charge in [-0.15, -0.1) is 0 Å². The smallest absolute Gasteiger partial charge is 0.322 e. The predicted molar refractivity (Wildman–Crippen MR) is 117 cm³/mol. The van der Waals surface area contributed by atoms with E-state index < -0.39 is 23.7 Å². The highest BCUT2D eigenvalue weighted by molar-refractivity contribution is 5.96. The number of piperidine rings is 1. The van der Waals surface area contributed by atoms with E-state index in [-0.39, 0.29) is 35.3 Å². The molecule has 1 saturated heterocycles. The summed E-state index contributed by atoms with van der Waals surface area (Å²) in [7, 11) is 0. The van der Waals surface area contributed by atoms with Crippen LogP contribution in [-0.4, -0.2) is 44.8 Å². The second kappa shape index (κ2) is 9.37. The summed E-state index contributed by atoms with van der Waals surface area (Å²) in [6, 6.07) is 1.17. The molecule has 1 aliphatic rings. The Kier molecular flexibility index (Phi) is 6.81. The summed E-state index contributed by atoms with van der Waals surface area (Å²) in [4.78, 5) is 22.5. The average Bonchev–Trinajstić information content (AvgIpc) is 2.69. The van der Waals surface area contributed by atoms with Gasteiger partial charge in [0, 0.05) is 18.5 Å². The fourth-order valence-corrected chi connectivity index (χ4v) is 4.04. The Morgan fingerprint density at radius 3 is 2.47 bits per heavy atom.